The molecule has 2 aliphatic rings. The number of aromatic nitrogens is 3. The Morgan fingerprint density at radius 1 is 0.967 bits per heavy atom. The lowest BCUT2D eigenvalue weighted by Gasteiger charge is -2.32. The van der Waals surface area contributed by atoms with Crippen LogP contribution in [-0.2, 0) is 4.79 Å². The number of benzene rings is 1. The number of rotatable bonds is 5. The van der Waals surface area contributed by atoms with Gasteiger partial charge in [0.1, 0.15) is 5.82 Å². The van der Waals surface area contributed by atoms with Crippen LogP contribution in [0.4, 0.5) is 11.5 Å². The normalized spacial score (nSPS) is 18.8. The molecule has 6 heteroatoms. The van der Waals surface area contributed by atoms with Gasteiger partial charge in [-0.15, -0.1) is 0 Å². The summed E-state index contributed by atoms with van der Waals surface area (Å²) in [6.45, 7) is 0.796. The zero-order valence-corrected chi connectivity index (χ0v) is 16.9. The molecule has 152 valence electrons. The lowest BCUT2D eigenvalue weighted by molar-refractivity contribution is -0.139. The fourth-order valence-electron chi connectivity index (χ4n) is 4.21. The van der Waals surface area contributed by atoms with Crippen LogP contribution < -0.4 is 5.32 Å². The third kappa shape index (κ3) is 3.77. The number of pyridine rings is 1. The number of anilines is 2. The summed E-state index contributed by atoms with van der Waals surface area (Å²) in [5.74, 6) is 1.92. The molecule has 1 aliphatic carbocycles. The van der Waals surface area contributed by atoms with Crippen molar-refractivity contribution in [3.63, 3.8) is 0 Å². The minimum Gasteiger partial charge on any atom is -0.340 e. The largest absolute Gasteiger partial charge is 0.340 e. The highest BCUT2D eigenvalue weighted by Crippen LogP contribution is 2.37. The number of para-hydroxylation sites is 1. The predicted molar refractivity (Wildman–Crippen MR) is 116 cm³/mol. The van der Waals surface area contributed by atoms with Gasteiger partial charge in [0.2, 0.25) is 5.91 Å². The van der Waals surface area contributed by atoms with E-state index in [1.807, 2.05) is 53.4 Å². The SMILES string of the molecule is O=C(C1CCC1)N1CCC[C@@H]1c1nc(Nc2ccccc2)cc(-c2ccncc2)n1. The standard InChI is InChI=1S/C24H25N5O/c30-24(18-6-4-7-18)29-15-5-10-21(29)23-27-20(17-11-13-25-14-12-17)16-22(28-23)26-19-8-2-1-3-9-19/h1-3,8-9,11-14,16,18,21H,4-7,10,15H2,(H,26,27,28)/t21-/m1/s1. The first-order chi connectivity index (χ1) is 14.8. The van der Waals surface area contributed by atoms with E-state index in [1.165, 1.54) is 0 Å². The molecule has 1 saturated carbocycles. The maximum Gasteiger partial charge on any atom is 0.226 e. The van der Waals surface area contributed by atoms with Gasteiger partial charge in [-0.1, -0.05) is 24.6 Å². The molecule has 1 saturated heterocycles. The molecular formula is C24H25N5O. The minimum absolute atomic E-state index is 0.0591. The van der Waals surface area contributed by atoms with Crippen molar-refractivity contribution in [2.45, 2.75) is 38.1 Å². The molecule has 5 rings (SSSR count). The highest BCUT2D eigenvalue weighted by molar-refractivity contribution is 5.80. The molecule has 0 spiro atoms. The van der Waals surface area contributed by atoms with Crippen molar-refractivity contribution in [1.82, 2.24) is 19.9 Å². The van der Waals surface area contributed by atoms with Crippen molar-refractivity contribution in [1.29, 1.82) is 0 Å². The Morgan fingerprint density at radius 2 is 1.77 bits per heavy atom. The van der Waals surface area contributed by atoms with Crippen LogP contribution in [0.1, 0.15) is 44.0 Å². The Morgan fingerprint density at radius 3 is 2.50 bits per heavy atom. The van der Waals surface area contributed by atoms with Gasteiger partial charge in [0.15, 0.2) is 5.82 Å². The average Bonchev–Trinajstić information content (AvgIpc) is 3.24. The molecule has 0 unspecified atom stereocenters. The number of carbonyl (C=O) groups is 1. The van der Waals surface area contributed by atoms with Crippen LogP contribution in [0.5, 0.6) is 0 Å². The monoisotopic (exact) mass is 399 g/mol. The van der Waals surface area contributed by atoms with Crippen molar-refractivity contribution < 1.29 is 4.79 Å². The Bertz CT molecular complexity index is 1020. The fraction of sp³-hybridized carbons (Fsp3) is 0.333. The summed E-state index contributed by atoms with van der Waals surface area (Å²) in [6.07, 6.45) is 8.62. The molecule has 3 heterocycles. The van der Waals surface area contributed by atoms with Gasteiger partial charge in [0, 0.05) is 42.2 Å². The molecule has 1 aromatic carbocycles. The maximum atomic E-state index is 13.0. The number of hydrogen-bond acceptors (Lipinski definition) is 5. The zero-order chi connectivity index (χ0) is 20.3. The topological polar surface area (TPSA) is 71.0 Å². The molecule has 2 fully saturated rings. The van der Waals surface area contributed by atoms with E-state index in [1.54, 1.807) is 12.4 Å². The summed E-state index contributed by atoms with van der Waals surface area (Å²) in [6, 6.07) is 15.8. The summed E-state index contributed by atoms with van der Waals surface area (Å²) in [5.41, 5.74) is 2.79. The molecule has 0 radical (unpaired) electrons. The van der Waals surface area contributed by atoms with Gasteiger partial charge in [0.05, 0.1) is 11.7 Å². The first-order valence-electron chi connectivity index (χ1n) is 10.7. The quantitative estimate of drug-likeness (QED) is 0.671. The van der Waals surface area contributed by atoms with Crippen LogP contribution in [0.3, 0.4) is 0 Å². The number of hydrogen-bond donors (Lipinski definition) is 1. The molecule has 1 atom stereocenters. The Labute approximate surface area is 176 Å². The van der Waals surface area contributed by atoms with Crippen LogP contribution in [0.2, 0.25) is 0 Å². The van der Waals surface area contributed by atoms with E-state index < -0.39 is 0 Å². The van der Waals surface area contributed by atoms with Crippen LogP contribution >= 0.6 is 0 Å². The zero-order valence-electron chi connectivity index (χ0n) is 16.9. The third-order valence-corrected chi connectivity index (χ3v) is 6.05. The minimum atomic E-state index is -0.0591. The van der Waals surface area contributed by atoms with Crippen LogP contribution in [0.15, 0.2) is 60.9 Å². The first kappa shape index (κ1) is 18.7. The van der Waals surface area contributed by atoms with Gasteiger partial charge < -0.3 is 10.2 Å². The van der Waals surface area contributed by atoms with E-state index in [2.05, 4.69) is 10.3 Å². The smallest absolute Gasteiger partial charge is 0.226 e. The lowest BCUT2D eigenvalue weighted by atomic mass is 9.84. The second-order valence-corrected chi connectivity index (χ2v) is 8.04. The second kappa shape index (κ2) is 8.22. The van der Waals surface area contributed by atoms with Gasteiger partial charge in [-0.2, -0.15) is 0 Å². The molecule has 2 aromatic heterocycles. The van der Waals surface area contributed by atoms with E-state index >= 15 is 0 Å². The van der Waals surface area contributed by atoms with E-state index in [0.29, 0.717) is 5.82 Å². The highest BCUT2D eigenvalue weighted by Gasteiger charge is 2.37. The highest BCUT2D eigenvalue weighted by atomic mass is 16.2. The predicted octanol–water partition coefficient (Wildman–Crippen LogP) is 4.75. The van der Waals surface area contributed by atoms with Crippen molar-refractivity contribution in [2.24, 2.45) is 5.92 Å². The number of nitrogens with one attached hydrogen (secondary N) is 1. The van der Waals surface area contributed by atoms with Gasteiger partial charge in [-0.05, 0) is 49.9 Å². The van der Waals surface area contributed by atoms with Crippen LogP contribution in [-0.4, -0.2) is 32.3 Å². The molecule has 1 N–H and O–H groups in total. The number of carbonyl (C=O) groups excluding carboxylic acids is 1. The Balaban J connectivity index is 1.51. The number of nitrogens with zero attached hydrogens (tertiary/aromatic N) is 4. The maximum absolute atomic E-state index is 13.0. The molecule has 1 amide bonds. The van der Waals surface area contributed by atoms with Crippen molar-refractivity contribution in [3.05, 3.63) is 66.7 Å². The summed E-state index contributed by atoms with van der Waals surface area (Å²) in [4.78, 5) is 28.9. The lowest BCUT2D eigenvalue weighted by Crippen LogP contribution is -2.38. The summed E-state index contributed by atoms with van der Waals surface area (Å²) in [5, 5.41) is 3.40. The molecule has 30 heavy (non-hydrogen) atoms. The number of amides is 1. The second-order valence-electron chi connectivity index (χ2n) is 8.04. The summed E-state index contributed by atoms with van der Waals surface area (Å²) >= 11 is 0. The summed E-state index contributed by atoms with van der Waals surface area (Å²) in [7, 11) is 0. The third-order valence-electron chi connectivity index (χ3n) is 6.05. The van der Waals surface area contributed by atoms with Crippen LogP contribution in [0, 0.1) is 5.92 Å². The van der Waals surface area contributed by atoms with Gasteiger partial charge >= 0.3 is 0 Å². The molecular weight excluding hydrogens is 374 g/mol. The van der Waals surface area contributed by atoms with Gasteiger partial charge in [-0.3, -0.25) is 9.78 Å². The summed E-state index contributed by atoms with van der Waals surface area (Å²) < 4.78 is 0. The first-order valence-corrected chi connectivity index (χ1v) is 10.7. The van der Waals surface area contributed by atoms with E-state index in [4.69, 9.17) is 9.97 Å². The van der Waals surface area contributed by atoms with Gasteiger partial charge in [0.25, 0.3) is 0 Å². The Kier molecular flexibility index (Phi) is 5.13. The van der Waals surface area contributed by atoms with Crippen LogP contribution in [0.25, 0.3) is 11.3 Å². The molecule has 3 aromatic rings. The number of likely N-dealkylation sites (tertiary alicyclic amines) is 1. The Hall–Kier alpha value is -3.28. The fourth-order valence-corrected chi connectivity index (χ4v) is 4.21. The van der Waals surface area contributed by atoms with Crippen molar-refractivity contribution in [3.8, 4) is 11.3 Å². The van der Waals surface area contributed by atoms with E-state index in [-0.39, 0.29) is 17.9 Å². The van der Waals surface area contributed by atoms with E-state index in [9.17, 15) is 4.79 Å². The van der Waals surface area contributed by atoms with E-state index in [0.717, 1.165) is 61.4 Å². The van der Waals surface area contributed by atoms with Gasteiger partial charge in [-0.25, -0.2) is 9.97 Å². The average molecular weight is 399 g/mol. The molecule has 6 nitrogen and oxygen atoms in total. The van der Waals surface area contributed by atoms with Crippen molar-refractivity contribution >= 4 is 17.4 Å². The molecule has 0 bridgehead atoms. The molecule has 1 aliphatic heterocycles. The van der Waals surface area contributed by atoms with Crippen molar-refractivity contribution in [2.75, 3.05) is 11.9 Å².